The zero-order valence-electron chi connectivity index (χ0n) is 15.0. The maximum atomic E-state index is 11.3. The first-order valence-electron chi connectivity index (χ1n) is 8.71. The van der Waals surface area contributed by atoms with Gasteiger partial charge in [-0.1, -0.05) is 25.1 Å². The number of nitrogens with one attached hydrogen (secondary N) is 3. The monoisotopic (exact) mass is 361 g/mol. The van der Waals surface area contributed by atoms with Crippen molar-refractivity contribution < 1.29 is 4.42 Å². The van der Waals surface area contributed by atoms with E-state index in [2.05, 4.69) is 38.6 Å². The van der Waals surface area contributed by atoms with Gasteiger partial charge in [0.05, 0.1) is 5.52 Å². The van der Waals surface area contributed by atoms with Crippen LogP contribution in [0, 0.1) is 6.92 Å². The van der Waals surface area contributed by atoms with Gasteiger partial charge in [0.1, 0.15) is 5.82 Å². The molecule has 0 saturated heterocycles. The molecule has 0 aliphatic rings. The number of aromatic nitrogens is 3. The summed E-state index contributed by atoms with van der Waals surface area (Å²) in [6.07, 6.45) is 2.69. The van der Waals surface area contributed by atoms with Gasteiger partial charge in [-0.25, -0.2) is 9.78 Å². The number of nitrogens with zero attached hydrogens (tertiary/aromatic N) is 2. The maximum Gasteiger partial charge on any atom is 0.417 e. The van der Waals surface area contributed by atoms with Crippen LogP contribution in [0.3, 0.4) is 0 Å². The number of hydrogen-bond donors (Lipinski definition) is 3. The molecule has 0 radical (unpaired) electrons. The van der Waals surface area contributed by atoms with Crippen LogP contribution in [-0.2, 0) is 6.42 Å². The number of aryl methyl sites for hydroxylation is 2. The van der Waals surface area contributed by atoms with Crippen LogP contribution in [0.4, 0.5) is 23.1 Å². The van der Waals surface area contributed by atoms with E-state index in [0.29, 0.717) is 22.9 Å². The Kier molecular flexibility index (Phi) is 4.33. The molecular formula is C20H19N5O2. The second kappa shape index (κ2) is 6.95. The predicted molar refractivity (Wildman–Crippen MR) is 106 cm³/mol. The number of fused-ring (bicyclic) bond motifs is 1. The molecule has 0 atom stereocenters. The molecule has 3 N–H and O–H groups in total. The molecule has 0 aliphatic heterocycles. The van der Waals surface area contributed by atoms with E-state index in [4.69, 9.17) is 4.42 Å². The third kappa shape index (κ3) is 3.52. The standard InChI is InChI=1S/C20H19N5O2/c1-3-13-6-4-5-7-15(13)23-19-21-11-12(2)18(25-19)22-14-8-9-17-16(10-14)24-20(26)27-17/h4-11H,3H2,1-2H3,(H,24,26)(H2,21,22,23,25). The van der Waals surface area contributed by atoms with E-state index in [1.54, 1.807) is 18.3 Å². The highest BCUT2D eigenvalue weighted by atomic mass is 16.4. The number of rotatable bonds is 5. The molecule has 0 saturated carbocycles. The number of benzene rings is 2. The van der Waals surface area contributed by atoms with E-state index in [0.717, 1.165) is 23.4 Å². The average Bonchev–Trinajstić information content (AvgIpc) is 3.04. The van der Waals surface area contributed by atoms with Gasteiger partial charge in [-0.05, 0) is 43.2 Å². The molecule has 0 aliphatic carbocycles. The fourth-order valence-corrected chi connectivity index (χ4v) is 2.87. The number of H-pyrrole nitrogens is 1. The van der Waals surface area contributed by atoms with Gasteiger partial charge in [-0.2, -0.15) is 4.98 Å². The van der Waals surface area contributed by atoms with Crippen molar-refractivity contribution in [1.29, 1.82) is 0 Å². The largest absolute Gasteiger partial charge is 0.417 e. The van der Waals surface area contributed by atoms with E-state index < -0.39 is 5.76 Å². The SMILES string of the molecule is CCc1ccccc1Nc1ncc(C)c(Nc2ccc3oc(=O)[nH]c3c2)n1. The molecule has 136 valence electrons. The van der Waals surface area contributed by atoms with Crippen molar-refractivity contribution in [3.8, 4) is 0 Å². The minimum absolute atomic E-state index is 0.471. The van der Waals surface area contributed by atoms with Gasteiger partial charge >= 0.3 is 5.76 Å². The summed E-state index contributed by atoms with van der Waals surface area (Å²) in [6.45, 7) is 4.05. The summed E-state index contributed by atoms with van der Waals surface area (Å²) >= 11 is 0. The van der Waals surface area contributed by atoms with Crippen LogP contribution in [0.1, 0.15) is 18.1 Å². The highest BCUT2D eigenvalue weighted by Crippen LogP contribution is 2.24. The summed E-state index contributed by atoms with van der Waals surface area (Å²) in [4.78, 5) is 22.9. The van der Waals surface area contributed by atoms with Crippen LogP contribution in [0.15, 0.2) is 57.9 Å². The first-order valence-corrected chi connectivity index (χ1v) is 8.71. The van der Waals surface area contributed by atoms with Crippen molar-refractivity contribution in [1.82, 2.24) is 15.0 Å². The molecule has 7 heteroatoms. The van der Waals surface area contributed by atoms with Gasteiger partial charge in [-0.3, -0.25) is 4.98 Å². The van der Waals surface area contributed by atoms with Gasteiger partial charge in [0.15, 0.2) is 5.58 Å². The smallest absolute Gasteiger partial charge is 0.408 e. The molecule has 4 rings (SSSR count). The van der Waals surface area contributed by atoms with Gasteiger partial charge in [0.25, 0.3) is 0 Å². The number of oxazole rings is 1. The summed E-state index contributed by atoms with van der Waals surface area (Å²) in [6, 6.07) is 13.5. The van der Waals surface area contributed by atoms with Crippen molar-refractivity contribution in [2.75, 3.05) is 10.6 Å². The van der Waals surface area contributed by atoms with Crippen LogP contribution in [0.2, 0.25) is 0 Å². The fourth-order valence-electron chi connectivity index (χ4n) is 2.87. The second-order valence-electron chi connectivity index (χ2n) is 6.21. The van der Waals surface area contributed by atoms with Gasteiger partial charge < -0.3 is 15.1 Å². The minimum atomic E-state index is -0.471. The van der Waals surface area contributed by atoms with Gasteiger partial charge in [0.2, 0.25) is 5.95 Å². The number of aromatic amines is 1. The second-order valence-corrected chi connectivity index (χ2v) is 6.21. The van der Waals surface area contributed by atoms with Gasteiger partial charge in [0, 0.05) is 23.1 Å². The molecule has 0 amide bonds. The zero-order valence-corrected chi connectivity index (χ0v) is 15.0. The topological polar surface area (TPSA) is 95.8 Å². The van der Waals surface area contributed by atoms with Crippen LogP contribution in [0.5, 0.6) is 0 Å². The van der Waals surface area contributed by atoms with Crippen LogP contribution < -0.4 is 16.4 Å². The molecule has 0 spiro atoms. The van der Waals surface area contributed by atoms with E-state index in [1.807, 2.05) is 31.2 Å². The Bertz CT molecular complexity index is 1160. The fraction of sp³-hybridized carbons (Fsp3) is 0.150. The lowest BCUT2D eigenvalue weighted by Gasteiger charge is -2.12. The third-order valence-electron chi connectivity index (χ3n) is 4.30. The quantitative estimate of drug-likeness (QED) is 0.491. The van der Waals surface area contributed by atoms with E-state index in [9.17, 15) is 4.79 Å². The zero-order chi connectivity index (χ0) is 18.8. The van der Waals surface area contributed by atoms with Crippen LogP contribution in [-0.4, -0.2) is 15.0 Å². The minimum Gasteiger partial charge on any atom is -0.408 e. The Hall–Kier alpha value is -3.61. The van der Waals surface area contributed by atoms with Crippen molar-refractivity contribution in [3.63, 3.8) is 0 Å². The lowest BCUT2D eigenvalue weighted by Crippen LogP contribution is -2.04. The number of para-hydroxylation sites is 1. The van der Waals surface area contributed by atoms with Crippen LogP contribution in [0.25, 0.3) is 11.1 Å². The molecule has 4 aromatic rings. The van der Waals surface area contributed by atoms with E-state index >= 15 is 0 Å². The number of anilines is 4. The van der Waals surface area contributed by atoms with E-state index in [1.165, 1.54) is 5.56 Å². The molecule has 27 heavy (non-hydrogen) atoms. The van der Waals surface area contributed by atoms with Crippen molar-refractivity contribution >= 4 is 34.2 Å². The summed E-state index contributed by atoms with van der Waals surface area (Å²) in [7, 11) is 0. The molecule has 0 unspecified atom stereocenters. The maximum absolute atomic E-state index is 11.3. The summed E-state index contributed by atoms with van der Waals surface area (Å²) in [5.74, 6) is 0.731. The lowest BCUT2D eigenvalue weighted by molar-refractivity contribution is 0.555. The Morgan fingerprint density at radius 2 is 2.00 bits per heavy atom. The summed E-state index contributed by atoms with van der Waals surface area (Å²) < 4.78 is 5.03. The lowest BCUT2D eigenvalue weighted by atomic mass is 10.1. The molecule has 0 fully saturated rings. The summed E-state index contributed by atoms with van der Waals surface area (Å²) in [5, 5.41) is 6.56. The first kappa shape index (κ1) is 16.8. The van der Waals surface area contributed by atoms with Crippen molar-refractivity contribution in [2.45, 2.75) is 20.3 Å². The number of hydrogen-bond acceptors (Lipinski definition) is 6. The Morgan fingerprint density at radius 1 is 1.15 bits per heavy atom. The highest BCUT2D eigenvalue weighted by molar-refractivity contribution is 5.78. The average molecular weight is 361 g/mol. The normalized spacial score (nSPS) is 10.9. The molecule has 2 heterocycles. The molecule has 7 nitrogen and oxygen atoms in total. The molecule has 0 bridgehead atoms. The first-order chi connectivity index (χ1) is 13.1. The summed E-state index contributed by atoms with van der Waals surface area (Å²) in [5.41, 5.74) is 5.04. The highest BCUT2D eigenvalue weighted by Gasteiger charge is 2.08. The Morgan fingerprint density at radius 3 is 2.85 bits per heavy atom. The van der Waals surface area contributed by atoms with E-state index in [-0.39, 0.29) is 0 Å². The van der Waals surface area contributed by atoms with Crippen molar-refractivity contribution in [3.05, 3.63) is 70.3 Å². The van der Waals surface area contributed by atoms with Crippen LogP contribution >= 0.6 is 0 Å². The molecule has 2 aromatic carbocycles. The third-order valence-corrected chi connectivity index (χ3v) is 4.30. The predicted octanol–water partition coefficient (Wildman–Crippen LogP) is 4.27. The van der Waals surface area contributed by atoms with Gasteiger partial charge in [-0.15, -0.1) is 0 Å². The molecule has 2 aromatic heterocycles. The molecular weight excluding hydrogens is 342 g/mol. The van der Waals surface area contributed by atoms with Crippen molar-refractivity contribution in [2.24, 2.45) is 0 Å². The Balaban J connectivity index is 1.62. The Labute approximate surface area is 155 Å².